The predicted octanol–water partition coefficient (Wildman–Crippen LogP) is 7.75. The number of unbranched alkanes of at least 4 members (excludes halogenated alkanes) is 2. The molecule has 3 heterocycles. The van der Waals surface area contributed by atoms with Crippen LogP contribution in [-0.4, -0.2) is 114 Å². The number of aliphatic hydroxyl groups excluding tert-OH is 2. The molecule has 5 rings (SSSR count). The van der Waals surface area contributed by atoms with Crippen molar-refractivity contribution in [3.8, 4) is 23.6 Å². The highest BCUT2D eigenvalue weighted by atomic mass is 16.6. The largest absolute Gasteiger partial charge is 0.438 e. The monoisotopic (exact) mass is 863 g/mol. The van der Waals surface area contributed by atoms with Crippen molar-refractivity contribution in [1.82, 2.24) is 24.8 Å². The van der Waals surface area contributed by atoms with Gasteiger partial charge in [0.05, 0.1) is 30.5 Å². The first-order chi connectivity index (χ1) is 28.5. The maximum atomic E-state index is 12.5. The summed E-state index contributed by atoms with van der Waals surface area (Å²) < 4.78 is 12.9. The van der Waals surface area contributed by atoms with Gasteiger partial charge in [-0.2, -0.15) is 0 Å². The lowest BCUT2D eigenvalue weighted by molar-refractivity contribution is -0.0646. The molecule has 2 aliphatic rings. The second-order valence-corrected chi connectivity index (χ2v) is 16.1. The third-order valence-electron chi connectivity index (χ3n) is 11.1. The van der Waals surface area contributed by atoms with Crippen LogP contribution in [0.5, 0.6) is 0 Å². The predicted molar refractivity (Wildman–Crippen MR) is 246 cm³/mol. The molecule has 2 saturated heterocycles. The molecule has 0 bridgehead atoms. The molecule has 0 radical (unpaired) electrons. The van der Waals surface area contributed by atoms with Crippen molar-refractivity contribution in [2.24, 2.45) is 16.6 Å². The van der Waals surface area contributed by atoms with Crippen LogP contribution in [0.25, 0.3) is 21.7 Å². The lowest BCUT2D eigenvalue weighted by atomic mass is 9.85. The maximum Gasteiger partial charge on any atom is 0.410 e. The summed E-state index contributed by atoms with van der Waals surface area (Å²) >= 11 is 0. The van der Waals surface area contributed by atoms with Crippen LogP contribution >= 0.6 is 0 Å². The highest BCUT2D eigenvalue weighted by Crippen LogP contribution is 2.37. The summed E-state index contributed by atoms with van der Waals surface area (Å²) in [6, 6.07) is 14.7. The van der Waals surface area contributed by atoms with Crippen molar-refractivity contribution < 1.29 is 29.3 Å². The smallest absolute Gasteiger partial charge is 0.410 e. The molecule has 16 nitrogen and oxygen atoms in total. The first-order valence-corrected chi connectivity index (χ1v) is 20.8. The normalized spacial score (nSPS) is 22.0. The maximum absolute atomic E-state index is 12.5. The average molecular weight is 863 g/mol. The molecule has 0 unspecified atom stereocenters. The van der Waals surface area contributed by atoms with Crippen LogP contribution in [0.15, 0.2) is 59.8 Å². The molecule has 2 fully saturated rings. The fraction of sp³-hybridized carbons (Fsp3) is 0.609. The van der Waals surface area contributed by atoms with Gasteiger partial charge >= 0.3 is 12.2 Å². The number of nitrogens with two attached hydrogens (primary N) is 2. The molecular weight excluding hydrogens is 789 g/mol. The Balaban J connectivity index is 0.000000521. The van der Waals surface area contributed by atoms with Gasteiger partial charge in [-0.3, -0.25) is 14.5 Å². The van der Waals surface area contributed by atoms with E-state index in [0.29, 0.717) is 51.9 Å². The zero-order valence-corrected chi connectivity index (χ0v) is 36.6. The number of aromatic nitrogens is 3. The highest BCUT2D eigenvalue weighted by molar-refractivity contribution is 5.72. The third kappa shape index (κ3) is 14.2. The lowest BCUT2D eigenvalue weighted by Crippen LogP contribution is -2.58. The minimum Gasteiger partial charge on any atom is -0.438 e. The number of terminal acetylenes is 1. The van der Waals surface area contributed by atoms with Crippen molar-refractivity contribution in [3.05, 3.63) is 81.9 Å². The number of benzene rings is 2. The summed E-state index contributed by atoms with van der Waals surface area (Å²) in [6.45, 7) is 17.0. The standard InChI is InChI=1S/C22H33N5O3.C13H25N5O3.C9H8.2CH4/c1-5-19(28)22(4)20(16(3)23)27(21(29)30-22)12-7-6-11-26-14-18(24-25-26)17-10-8-9-15(2)13-17;1-4-10(19)13(3)11(9(2)14)18(12(20)21-13)8-6-5-7-16-17-15;1-3-9-6-4-5-8(2)7-9;;/h8-10,13-14,16,19-20,28H,5-7,11-12,23H2,1-4H3;9-11,19H,4-8,14H2,1-3H3;1,4-7H,2H3;2*1H4/t16-,19-,20-,22-;9-,10-,11-,13-;;;/m11.../s1. The number of hydrogen-bond acceptors (Lipinski definition) is 11. The lowest BCUT2D eigenvalue weighted by Gasteiger charge is -2.37. The Bertz CT molecular complexity index is 1930. The molecule has 3 aromatic rings. The Hall–Kier alpha value is -5.17. The van der Waals surface area contributed by atoms with E-state index in [0.717, 1.165) is 29.7 Å². The quantitative estimate of drug-likeness (QED) is 0.0339. The van der Waals surface area contributed by atoms with E-state index >= 15 is 0 Å². The number of ether oxygens (including phenoxy) is 2. The molecule has 0 aliphatic carbocycles. The third-order valence-corrected chi connectivity index (χ3v) is 11.1. The summed E-state index contributed by atoms with van der Waals surface area (Å²) in [5.41, 5.74) is 23.7. The van der Waals surface area contributed by atoms with Crippen molar-refractivity contribution in [3.63, 3.8) is 0 Å². The molecular formula is C46H74N10O6. The first-order valence-electron chi connectivity index (χ1n) is 20.8. The zero-order chi connectivity index (χ0) is 44.6. The average Bonchev–Trinajstić information content (AvgIpc) is 3.87. The van der Waals surface area contributed by atoms with Crippen LogP contribution in [0.3, 0.4) is 0 Å². The van der Waals surface area contributed by atoms with Gasteiger partial charge in [-0.1, -0.05) is 80.8 Å². The fourth-order valence-electron chi connectivity index (χ4n) is 8.02. The van der Waals surface area contributed by atoms with Gasteiger partial charge in [0.2, 0.25) is 0 Å². The highest BCUT2D eigenvalue weighted by Gasteiger charge is 2.56. The van der Waals surface area contributed by atoms with Gasteiger partial charge in [-0.25, -0.2) is 9.59 Å². The Kier molecular flexibility index (Phi) is 22.7. The summed E-state index contributed by atoms with van der Waals surface area (Å²) in [4.78, 5) is 30.5. The number of hydrogen-bond donors (Lipinski definition) is 4. The van der Waals surface area contributed by atoms with Crippen molar-refractivity contribution in [2.75, 3.05) is 19.6 Å². The number of aliphatic hydroxyl groups is 2. The number of nitrogens with zero attached hydrogens (tertiary/aromatic N) is 8. The fourth-order valence-corrected chi connectivity index (χ4v) is 8.02. The molecule has 1 aromatic heterocycles. The van der Waals surface area contributed by atoms with Crippen LogP contribution in [0, 0.1) is 26.2 Å². The number of rotatable bonds is 17. The van der Waals surface area contributed by atoms with Gasteiger partial charge < -0.3 is 31.2 Å². The van der Waals surface area contributed by atoms with Crippen LogP contribution in [0.2, 0.25) is 0 Å². The van der Waals surface area contributed by atoms with E-state index in [9.17, 15) is 19.8 Å². The topological polar surface area (TPSA) is 231 Å². The van der Waals surface area contributed by atoms with Crippen LogP contribution in [0.1, 0.15) is 112 Å². The first kappa shape index (κ1) is 54.8. The SMILES string of the molecule is C.C.C#Cc1cccc(C)c1.CC[C@@H](O)[C@@]1(C)OC(=O)N(CCCCN=[N+]=[N-])[C@@H]1[C@@H](C)N.CC[C@@H](O)[C@@]1(C)OC(=O)N(CCCCn2cc(-c3cccc(C)c3)nn2)[C@@H]1[C@@H](C)N. The molecule has 62 heavy (non-hydrogen) atoms. The Morgan fingerprint density at radius 1 is 0.855 bits per heavy atom. The second-order valence-electron chi connectivity index (χ2n) is 16.1. The number of amides is 2. The van der Waals surface area contributed by atoms with Gasteiger partial charge in [0.1, 0.15) is 5.69 Å². The summed E-state index contributed by atoms with van der Waals surface area (Å²) in [5.74, 6) is 2.57. The van der Waals surface area contributed by atoms with Crippen LogP contribution in [0.4, 0.5) is 9.59 Å². The van der Waals surface area contributed by atoms with Crippen molar-refractivity contribution in [1.29, 1.82) is 0 Å². The van der Waals surface area contributed by atoms with Gasteiger partial charge in [-0.05, 0) is 109 Å². The Labute approximate surface area is 370 Å². The van der Waals surface area contributed by atoms with E-state index < -0.39 is 35.6 Å². The Morgan fingerprint density at radius 3 is 1.77 bits per heavy atom. The number of aryl methyl sites for hydroxylation is 3. The molecule has 6 N–H and O–H groups in total. The molecule has 344 valence electrons. The van der Waals surface area contributed by atoms with E-state index in [-0.39, 0.29) is 39.0 Å². The number of carbonyl (C=O) groups excluding carboxylic acids is 2. The summed E-state index contributed by atoms with van der Waals surface area (Å²) in [5, 5.41) is 32.6. The van der Waals surface area contributed by atoms with Crippen LogP contribution in [-0.2, 0) is 16.0 Å². The van der Waals surface area contributed by atoms with Gasteiger partial charge in [-0.15, -0.1) is 11.5 Å². The molecule has 0 saturated carbocycles. The summed E-state index contributed by atoms with van der Waals surface area (Å²) in [7, 11) is 0. The number of carbonyl (C=O) groups is 2. The molecule has 2 aliphatic heterocycles. The minimum absolute atomic E-state index is 0. The van der Waals surface area contributed by atoms with E-state index in [1.54, 1.807) is 30.6 Å². The van der Waals surface area contributed by atoms with Crippen molar-refractivity contribution in [2.45, 2.75) is 163 Å². The number of cyclic esters (lactones) is 2. The molecule has 0 spiro atoms. The van der Waals surface area contributed by atoms with E-state index in [2.05, 4.69) is 45.3 Å². The second kappa shape index (κ2) is 25.7. The van der Waals surface area contributed by atoms with Crippen LogP contribution < -0.4 is 11.5 Å². The minimum atomic E-state index is -0.995. The molecule has 2 aromatic carbocycles. The summed E-state index contributed by atoms with van der Waals surface area (Å²) in [6.07, 6.45) is 8.71. The van der Waals surface area contributed by atoms with Gasteiger partial charge in [0, 0.05) is 54.3 Å². The van der Waals surface area contributed by atoms with E-state index in [1.165, 1.54) is 11.1 Å². The zero-order valence-electron chi connectivity index (χ0n) is 36.6. The van der Waals surface area contributed by atoms with Gasteiger partial charge in [0.25, 0.3) is 0 Å². The van der Waals surface area contributed by atoms with Crippen molar-refractivity contribution >= 4 is 12.2 Å². The molecule has 2 amide bonds. The van der Waals surface area contributed by atoms with E-state index in [1.807, 2.05) is 75.0 Å². The number of azide groups is 1. The molecule has 16 heteroatoms. The molecule has 8 atom stereocenters. The van der Waals surface area contributed by atoms with Gasteiger partial charge in [0.15, 0.2) is 11.2 Å². The van der Waals surface area contributed by atoms with E-state index in [4.69, 9.17) is 32.9 Å². The Morgan fingerprint density at radius 2 is 1.34 bits per heavy atom.